The zero-order valence-electron chi connectivity index (χ0n) is 13.1. The number of rotatable bonds is 3. The van der Waals surface area contributed by atoms with Gasteiger partial charge in [-0.25, -0.2) is 9.59 Å². The lowest BCUT2D eigenvalue weighted by Gasteiger charge is -2.42. The van der Waals surface area contributed by atoms with Crippen LogP contribution in [0.25, 0.3) is 0 Å². The Morgan fingerprint density at radius 3 is 2.71 bits per heavy atom. The average molecular weight is 297 g/mol. The summed E-state index contributed by atoms with van der Waals surface area (Å²) < 4.78 is 0. The second-order valence-electron chi connectivity index (χ2n) is 6.37. The number of piperidine rings is 2. The zero-order chi connectivity index (χ0) is 15.5. The Kier molecular flexibility index (Phi) is 5.08. The summed E-state index contributed by atoms with van der Waals surface area (Å²) in [6.45, 7) is 7.24. The predicted octanol–water partition coefficient (Wildman–Crippen LogP) is 1.51. The molecule has 0 aromatic rings. The number of carboxylic acids is 1. The number of nitrogens with one attached hydrogen (secondary N) is 1. The Morgan fingerprint density at radius 2 is 2.05 bits per heavy atom. The van der Waals surface area contributed by atoms with Gasteiger partial charge in [0.1, 0.15) is 5.54 Å². The molecule has 6 heteroatoms. The topological polar surface area (TPSA) is 72.9 Å². The third-order valence-corrected chi connectivity index (χ3v) is 4.88. The summed E-state index contributed by atoms with van der Waals surface area (Å²) in [4.78, 5) is 27.9. The highest BCUT2D eigenvalue weighted by molar-refractivity contribution is 5.86. The van der Waals surface area contributed by atoms with E-state index in [1.807, 2.05) is 0 Å². The van der Waals surface area contributed by atoms with Crippen LogP contribution < -0.4 is 5.32 Å². The standard InChI is InChI=1S/C15H27N3O3/c1-3-17-9-6-7-12(11-17)16-14(21)18-10-5-4-8-15(18,2)13(19)20/h12H,3-11H2,1-2H3,(H,16,21)(H,19,20). The number of likely N-dealkylation sites (N-methyl/N-ethyl adjacent to an activating group) is 1. The lowest BCUT2D eigenvalue weighted by atomic mass is 9.89. The van der Waals surface area contributed by atoms with Crippen molar-refractivity contribution in [2.75, 3.05) is 26.2 Å². The zero-order valence-corrected chi connectivity index (χ0v) is 13.1. The Morgan fingerprint density at radius 1 is 1.29 bits per heavy atom. The molecule has 0 radical (unpaired) electrons. The number of hydrogen-bond donors (Lipinski definition) is 2. The molecule has 2 rings (SSSR count). The number of likely N-dealkylation sites (tertiary alicyclic amines) is 2. The van der Waals surface area contributed by atoms with Gasteiger partial charge in [0.15, 0.2) is 0 Å². The van der Waals surface area contributed by atoms with Gasteiger partial charge in [0, 0.05) is 19.1 Å². The van der Waals surface area contributed by atoms with Crippen molar-refractivity contribution in [3.05, 3.63) is 0 Å². The van der Waals surface area contributed by atoms with Gasteiger partial charge in [-0.3, -0.25) is 0 Å². The molecule has 6 nitrogen and oxygen atoms in total. The Balaban J connectivity index is 1.99. The number of amides is 2. The van der Waals surface area contributed by atoms with Gasteiger partial charge in [-0.1, -0.05) is 6.92 Å². The lowest BCUT2D eigenvalue weighted by Crippen LogP contribution is -2.62. The summed E-state index contributed by atoms with van der Waals surface area (Å²) in [6, 6.07) is -0.0891. The molecule has 2 amide bonds. The molecule has 2 heterocycles. The van der Waals surface area contributed by atoms with E-state index in [-0.39, 0.29) is 12.1 Å². The normalized spacial score (nSPS) is 31.0. The molecule has 0 aliphatic carbocycles. The van der Waals surface area contributed by atoms with Crippen molar-refractivity contribution in [2.45, 2.75) is 57.5 Å². The van der Waals surface area contributed by atoms with Crippen LogP contribution >= 0.6 is 0 Å². The SMILES string of the molecule is CCN1CCCC(NC(=O)N2CCCCC2(C)C(=O)O)C1. The van der Waals surface area contributed by atoms with Crippen molar-refractivity contribution in [3.8, 4) is 0 Å². The fourth-order valence-electron chi connectivity index (χ4n) is 3.38. The van der Waals surface area contributed by atoms with Crippen LogP contribution in [0.4, 0.5) is 4.79 Å². The van der Waals surface area contributed by atoms with Crippen LogP contribution in [0.5, 0.6) is 0 Å². The number of urea groups is 1. The summed E-state index contributed by atoms with van der Waals surface area (Å²) in [6.07, 6.45) is 4.32. The van der Waals surface area contributed by atoms with E-state index in [4.69, 9.17) is 0 Å². The summed E-state index contributed by atoms with van der Waals surface area (Å²) in [5, 5.41) is 12.5. The predicted molar refractivity (Wildman–Crippen MR) is 80.3 cm³/mol. The highest BCUT2D eigenvalue weighted by Crippen LogP contribution is 2.28. The molecule has 0 saturated carbocycles. The van der Waals surface area contributed by atoms with Crippen molar-refractivity contribution in [3.63, 3.8) is 0 Å². The van der Waals surface area contributed by atoms with Gasteiger partial charge >= 0.3 is 12.0 Å². The molecule has 2 saturated heterocycles. The maximum absolute atomic E-state index is 12.5. The number of carbonyl (C=O) groups excluding carboxylic acids is 1. The Bertz CT molecular complexity index is 402. The van der Waals surface area contributed by atoms with E-state index in [1.165, 1.54) is 4.90 Å². The number of hydrogen-bond acceptors (Lipinski definition) is 3. The van der Waals surface area contributed by atoms with Gasteiger partial charge in [-0.05, 0) is 52.1 Å². The first-order valence-electron chi connectivity index (χ1n) is 8.01. The van der Waals surface area contributed by atoms with Gasteiger partial charge in [0.05, 0.1) is 0 Å². The molecule has 0 aromatic heterocycles. The molecule has 0 aromatic carbocycles. The molecule has 2 N–H and O–H groups in total. The van der Waals surface area contributed by atoms with E-state index in [9.17, 15) is 14.7 Å². The van der Waals surface area contributed by atoms with Crippen molar-refractivity contribution in [1.29, 1.82) is 0 Å². The Hall–Kier alpha value is -1.30. The molecule has 120 valence electrons. The third-order valence-electron chi connectivity index (χ3n) is 4.88. The van der Waals surface area contributed by atoms with E-state index >= 15 is 0 Å². The fraction of sp³-hybridized carbons (Fsp3) is 0.867. The largest absolute Gasteiger partial charge is 0.480 e. The second-order valence-corrected chi connectivity index (χ2v) is 6.37. The first-order valence-corrected chi connectivity index (χ1v) is 8.01. The quantitative estimate of drug-likeness (QED) is 0.828. The summed E-state index contributed by atoms with van der Waals surface area (Å²) in [7, 11) is 0. The van der Waals surface area contributed by atoms with Gasteiger partial charge in [-0.2, -0.15) is 0 Å². The summed E-state index contributed by atoms with van der Waals surface area (Å²) in [5.74, 6) is -0.906. The van der Waals surface area contributed by atoms with E-state index in [2.05, 4.69) is 17.1 Å². The number of carbonyl (C=O) groups is 2. The van der Waals surface area contributed by atoms with Gasteiger partial charge < -0.3 is 20.2 Å². The van der Waals surface area contributed by atoms with Crippen molar-refractivity contribution >= 4 is 12.0 Å². The third kappa shape index (κ3) is 3.48. The second kappa shape index (κ2) is 6.64. The minimum absolute atomic E-state index is 0.131. The molecular formula is C15H27N3O3. The molecule has 2 fully saturated rings. The molecule has 2 atom stereocenters. The minimum Gasteiger partial charge on any atom is -0.480 e. The molecule has 2 aliphatic rings. The van der Waals surface area contributed by atoms with E-state index in [0.717, 1.165) is 45.3 Å². The Labute approximate surface area is 126 Å². The van der Waals surface area contributed by atoms with Crippen molar-refractivity contribution in [2.24, 2.45) is 0 Å². The monoisotopic (exact) mass is 297 g/mol. The number of nitrogens with zero attached hydrogens (tertiary/aromatic N) is 2. The number of aliphatic carboxylic acids is 1. The van der Waals surface area contributed by atoms with Crippen molar-refractivity contribution in [1.82, 2.24) is 15.1 Å². The maximum atomic E-state index is 12.5. The first-order chi connectivity index (χ1) is 9.97. The van der Waals surface area contributed by atoms with Crippen LogP contribution in [-0.4, -0.2) is 64.7 Å². The molecule has 2 unspecified atom stereocenters. The van der Waals surface area contributed by atoms with Gasteiger partial charge in [0.25, 0.3) is 0 Å². The van der Waals surface area contributed by atoms with Crippen molar-refractivity contribution < 1.29 is 14.7 Å². The average Bonchev–Trinajstić information content (AvgIpc) is 2.47. The minimum atomic E-state index is -1.07. The highest BCUT2D eigenvalue weighted by atomic mass is 16.4. The van der Waals surface area contributed by atoms with Crippen LogP contribution in [0.15, 0.2) is 0 Å². The summed E-state index contributed by atoms with van der Waals surface area (Å²) >= 11 is 0. The van der Waals surface area contributed by atoms with Gasteiger partial charge in [-0.15, -0.1) is 0 Å². The van der Waals surface area contributed by atoms with Crippen LogP contribution in [0.3, 0.4) is 0 Å². The van der Waals surface area contributed by atoms with Crippen LogP contribution in [0.1, 0.15) is 46.0 Å². The first kappa shape index (κ1) is 16.1. The number of carboxylic acid groups (broad SMARTS) is 1. The smallest absolute Gasteiger partial charge is 0.329 e. The van der Waals surface area contributed by atoms with E-state index in [1.54, 1.807) is 6.92 Å². The highest BCUT2D eigenvalue weighted by Gasteiger charge is 2.44. The maximum Gasteiger partial charge on any atom is 0.329 e. The molecular weight excluding hydrogens is 270 g/mol. The van der Waals surface area contributed by atoms with E-state index < -0.39 is 11.5 Å². The molecule has 21 heavy (non-hydrogen) atoms. The lowest BCUT2D eigenvalue weighted by molar-refractivity contribution is -0.150. The van der Waals surface area contributed by atoms with Crippen LogP contribution in [0, 0.1) is 0 Å². The molecule has 2 aliphatic heterocycles. The summed E-state index contributed by atoms with van der Waals surface area (Å²) in [5.41, 5.74) is -1.07. The van der Waals surface area contributed by atoms with Crippen LogP contribution in [-0.2, 0) is 4.79 Å². The fourth-order valence-corrected chi connectivity index (χ4v) is 3.38. The van der Waals surface area contributed by atoms with E-state index in [0.29, 0.717) is 13.0 Å². The molecule has 0 spiro atoms. The van der Waals surface area contributed by atoms with Crippen LogP contribution in [0.2, 0.25) is 0 Å². The van der Waals surface area contributed by atoms with Gasteiger partial charge in [0.2, 0.25) is 0 Å². The molecule has 0 bridgehead atoms.